The molecule has 0 saturated carbocycles. The van der Waals surface area contributed by atoms with Crippen molar-refractivity contribution in [2.75, 3.05) is 10.8 Å². The van der Waals surface area contributed by atoms with Crippen molar-refractivity contribution in [2.45, 2.75) is 12.8 Å². The predicted octanol–water partition coefficient (Wildman–Crippen LogP) is 2.72. The Kier molecular flexibility index (Phi) is 4.37. The van der Waals surface area contributed by atoms with E-state index in [0.29, 0.717) is 5.92 Å². The number of benzene rings is 1. The number of hydrazone groups is 1. The quantitative estimate of drug-likeness (QED) is 0.909. The number of nitrogens with one attached hydrogen (secondary N) is 2. The lowest BCUT2D eigenvalue weighted by Gasteiger charge is -2.19. The highest BCUT2D eigenvalue weighted by Gasteiger charge is 2.20. The average Bonchev–Trinajstić information content (AvgIpc) is 3.03. The van der Waals surface area contributed by atoms with Crippen molar-refractivity contribution in [2.24, 2.45) is 5.10 Å². The number of rotatable bonds is 4. The molecule has 1 aliphatic rings. The van der Waals surface area contributed by atoms with E-state index in [0.717, 1.165) is 22.3 Å². The van der Waals surface area contributed by atoms with Gasteiger partial charge in [-0.25, -0.2) is 10.5 Å². The van der Waals surface area contributed by atoms with Crippen molar-refractivity contribution in [3.63, 3.8) is 0 Å². The van der Waals surface area contributed by atoms with Gasteiger partial charge >= 0.3 is 0 Å². The van der Waals surface area contributed by atoms with Gasteiger partial charge in [-0.05, 0) is 24.3 Å². The van der Waals surface area contributed by atoms with Crippen molar-refractivity contribution in [1.29, 1.82) is 0 Å². The van der Waals surface area contributed by atoms with Gasteiger partial charge in [0.05, 0.1) is 5.69 Å². The molecule has 2 heterocycles. The van der Waals surface area contributed by atoms with Crippen molar-refractivity contribution in [3.8, 4) is 0 Å². The minimum atomic E-state index is 0.372. The standard InChI is InChI=1S/C15H17N5S/c1-12(14-9-5-6-10-16-14)11-21-15-17-18-19-20(15)13-7-3-2-4-8-13/h2-10,12,18-19H,11H2,1H3/t12-/m1/s1. The summed E-state index contributed by atoms with van der Waals surface area (Å²) in [5.41, 5.74) is 8.00. The number of amidine groups is 1. The summed E-state index contributed by atoms with van der Waals surface area (Å²) in [6.07, 6.45) is 1.84. The van der Waals surface area contributed by atoms with E-state index in [4.69, 9.17) is 0 Å². The van der Waals surface area contributed by atoms with E-state index in [2.05, 4.69) is 34.1 Å². The third-order valence-corrected chi connectivity index (χ3v) is 4.37. The Hall–Kier alpha value is -2.05. The van der Waals surface area contributed by atoms with Gasteiger partial charge in [-0.3, -0.25) is 4.98 Å². The molecule has 0 fully saturated rings. The van der Waals surface area contributed by atoms with Gasteiger partial charge in [-0.1, -0.05) is 43.0 Å². The van der Waals surface area contributed by atoms with Crippen LogP contribution in [0.2, 0.25) is 0 Å². The van der Waals surface area contributed by atoms with E-state index >= 15 is 0 Å². The molecule has 0 amide bonds. The Morgan fingerprint density at radius 3 is 2.71 bits per heavy atom. The molecule has 0 radical (unpaired) electrons. The molecule has 0 aliphatic carbocycles. The zero-order chi connectivity index (χ0) is 14.5. The van der Waals surface area contributed by atoms with Crippen molar-refractivity contribution in [1.82, 2.24) is 16.1 Å². The lowest BCUT2D eigenvalue weighted by Crippen LogP contribution is -2.40. The van der Waals surface area contributed by atoms with Crippen molar-refractivity contribution < 1.29 is 0 Å². The fourth-order valence-corrected chi connectivity index (χ4v) is 2.98. The molecule has 1 atom stereocenters. The molecule has 0 spiro atoms. The molecule has 5 nitrogen and oxygen atoms in total. The summed E-state index contributed by atoms with van der Waals surface area (Å²) < 4.78 is 0. The van der Waals surface area contributed by atoms with Crippen LogP contribution in [0, 0.1) is 0 Å². The minimum absolute atomic E-state index is 0.372. The molecule has 108 valence electrons. The molecule has 2 N–H and O–H groups in total. The highest BCUT2D eigenvalue weighted by atomic mass is 32.2. The van der Waals surface area contributed by atoms with E-state index in [9.17, 15) is 0 Å². The first-order valence-corrected chi connectivity index (χ1v) is 7.80. The smallest absolute Gasteiger partial charge is 0.205 e. The van der Waals surface area contributed by atoms with Gasteiger partial charge in [-0.15, -0.1) is 10.6 Å². The molecule has 0 unspecified atom stereocenters. The molecule has 21 heavy (non-hydrogen) atoms. The normalized spacial score (nSPS) is 15.5. The van der Waals surface area contributed by atoms with Crippen LogP contribution in [0.25, 0.3) is 0 Å². The molecule has 0 saturated heterocycles. The fraction of sp³-hybridized carbons (Fsp3) is 0.200. The number of hydrogen-bond donors (Lipinski definition) is 2. The first-order valence-electron chi connectivity index (χ1n) is 6.82. The first kappa shape index (κ1) is 13.9. The minimum Gasteiger partial charge on any atom is -0.261 e. The van der Waals surface area contributed by atoms with Gasteiger partial charge in [0.1, 0.15) is 0 Å². The van der Waals surface area contributed by atoms with E-state index < -0.39 is 0 Å². The van der Waals surface area contributed by atoms with Gasteiger partial charge in [0, 0.05) is 23.6 Å². The van der Waals surface area contributed by atoms with E-state index in [1.807, 2.05) is 53.7 Å². The van der Waals surface area contributed by atoms with E-state index in [1.54, 1.807) is 11.8 Å². The molecule has 1 aromatic carbocycles. The molecule has 3 rings (SSSR count). The SMILES string of the molecule is C[C@H](CSC1=NNNN1c1ccccc1)c1ccccn1. The number of pyridine rings is 1. The van der Waals surface area contributed by atoms with E-state index in [1.165, 1.54) is 0 Å². The molecule has 2 aromatic rings. The molecule has 0 bridgehead atoms. The highest BCUT2D eigenvalue weighted by molar-refractivity contribution is 8.14. The van der Waals surface area contributed by atoms with Crippen molar-refractivity contribution >= 4 is 22.6 Å². The van der Waals surface area contributed by atoms with Crippen LogP contribution >= 0.6 is 11.8 Å². The summed E-state index contributed by atoms with van der Waals surface area (Å²) in [6.45, 7) is 2.18. The maximum absolute atomic E-state index is 4.40. The number of thioether (sulfide) groups is 1. The van der Waals surface area contributed by atoms with Crippen molar-refractivity contribution in [3.05, 3.63) is 60.4 Å². The summed E-state index contributed by atoms with van der Waals surface area (Å²) in [4.78, 5) is 4.40. The topological polar surface area (TPSA) is 52.6 Å². The molecular weight excluding hydrogens is 282 g/mol. The lowest BCUT2D eigenvalue weighted by atomic mass is 10.1. The van der Waals surface area contributed by atoms with Gasteiger partial charge in [0.25, 0.3) is 0 Å². The summed E-state index contributed by atoms with van der Waals surface area (Å²) in [5, 5.41) is 7.13. The number of nitrogens with zero attached hydrogens (tertiary/aromatic N) is 3. The molecular formula is C15H17N5S. The summed E-state index contributed by atoms with van der Waals surface area (Å²) in [5.74, 6) is 1.29. The van der Waals surface area contributed by atoms with Gasteiger partial charge in [-0.2, -0.15) is 0 Å². The second kappa shape index (κ2) is 6.60. The lowest BCUT2D eigenvalue weighted by molar-refractivity contribution is 0.623. The number of hydrogen-bond acceptors (Lipinski definition) is 6. The van der Waals surface area contributed by atoms with Gasteiger partial charge in [0.2, 0.25) is 5.17 Å². The zero-order valence-electron chi connectivity index (χ0n) is 11.7. The number of aromatic nitrogens is 1. The Balaban J connectivity index is 1.62. The van der Waals surface area contributed by atoms with Gasteiger partial charge < -0.3 is 0 Å². The zero-order valence-corrected chi connectivity index (χ0v) is 12.5. The van der Waals surface area contributed by atoms with Crippen LogP contribution in [0.4, 0.5) is 5.69 Å². The maximum Gasteiger partial charge on any atom is 0.205 e. The third kappa shape index (κ3) is 3.34. The van der Waals surface area contributed by atoms with Crippen LogP contribution in [0.1, 0.15) is 18.5 Å². The van der Waals surface area contributed by atoms with Crippen LogP contribution in [-0.4, -0.2) is 15.9 Å². The highest BCUT2D eigenvalue weighted by Crippen LogP contribution is 2.23. The number of hydrazine groups is 2. The third-order valence-electron chi connectivity index (χ3n) is 3.17. The summed E-state index contributed by atoms with van der Waals surface area (Å²) in [7, 11) is 0. The number of para-hydroxylation sites is 1. The maximum atomic E-state index is 4.40. The summed E-state index contributed by atoms with van der Waals surface area (Å²) >= 11 is 1.70. The number of anilines is 1. The fourth-order valence-electron chi connectivity index (χ4n) is 2.02. The van der Waals surface area contributed by atoms with Crippen LogP contribution in [0.15, 0.2) is 59.8 Å². The Morgan fingerprint density at radius 2 is 1.95 bits per heavy atom. The Morgan fingerprint density at radius 1 is 1.14 bits per heavy atom. The molecule has 6 heteroatoms. The first-order chi connectivity index (χ1) is 10.3. The monoisotopic (exact) mass is 299 g/mol. The van der Waals surface area contributed by atoms with Crippen LogP contribution in [0.3, 0.4) is 0 Å². The largest absolute Gasteiger partial charge is 0.261 e. The molecule has 1 aromatic heterocycles. The molecule has 1 aliphatic heterocycles. The van der Waals surface area contributed by atoms with Crippen LogP contribution in [-0.2, 0) is 0 Å². The predicted molar refractivity (Wildman–Crippen MR) is 87.7 cm³/mol. The van der Waals surface area contributed by atoms with Gasteiger partial charge in [0.15, 0.2) is 0 Å². The van der Waals surface area contributed by atoms with Crippen LogP contribution in [0.5, 0.6) is 0 Å². The Bertz CT molecular complexity index is 602. The second-order valence-electron chi connectivity index (χ2n) is 4.76. The van der Waals surface area contributed by atoms with E-state index in [-0.39, 0.29) is 0 Å². The second-order valence-corrected chi connectivity index (χ2v) is 5.74. The summed E-state index contributed by atoms with van der Waals surface area (Å²) in [6, 6.07) is 16.1. The Labute approximate surface area is 128 Å². The average molecular weight is 299 g/mol. The van der Waals surface area contributed by atoms with Crippen LogP contribution < -0.4 is 16.1 Å².